The molecule has 0 amide bonds. The highest BCUT2D eigenvalue weighted by Gasteiger charge is 2.33. The summed E-state index contributed by atoms with van der Waals surface area (Å²) in [5, 5.41) is 6.03. The molecule has 0 fully saturated rings. The first-order chi connectivity index (χ1) is 14.2. The van der Waals surface area contributed by atoms with E-state index >= 15 is 0 Å². The lowest BCUT2D eigenvalue weighted by molar-refractivity contribution is -0.137. The second-order valence-corrected chi connectivity index (χ2v) is 7.81. The lowest BCUT2D eigenvalue weighted by Crippen LogP contribution is -2.08. The van der Waals surface area contributed by atoms with E-state index in [1.165, 1.54) is 23.7 Å². The van der Waals surface area contributed by atoms with E-state index in [1.807, 2.05) is 25.1 Å². The molecular weight excluding hydrogens is 437 g/mol. The Bertz CT molecular complexity index is 1240. The van der Waals surface area contributed by atoms with Gasteiger partial charge in [-0.2, -0.15) is 13.2 Å². The number of aromatic nitrogens is 3. The molecule has 0 bridgehead atoms. The summed E-state index contributed by atoms with van der Waals surface area (Å²) in [7, 11) is 0. The van der Waals surface area contributed by atoms with E-state index in [2.05, 4.69) is 25.6 Å². The molecule has 11 heteroatoms. The first-order valence-corrected chi connectivity index (χ1v) is 9.79. The average molecular weight is 451 g/mol. The molecule has 154 valence electrons. The number of rotatable bonds is 4. The zero-order valence-electron chi connectivity index (χ0n) is 15.4. The van der Waals surface area contributed by atoms with Crippen LogP contribution in [-0.2, 0) is 6.18 Å². The molecule has 4 N–H and O–H groups in total. The number of hydrogen-bond acceptors (Lipinski definition) is 7. The van der Waals surface area contributed by atoms with Gasteiger partial charge in [-0.3, -0.25) is 0 Å². The molecule has 4 rings (SSSR count). The van der Waals surface area contributed by atoms with Gasteiger partial charge in [0.2, 0.25) is 0 Å². The van der Waals surface area contributed by atoms with E-state index in [0.29, 0.717) is 5.13 Å². The van der Waals surface area contributed by atoms with Crippen molar-refractivity contribution in [2.45, 2.75) is 13.1 Å². The van der Waals surface area contributed by atoms with E-state index in [4.69, 9.17) is 17.3 Å². The molecule has 0 radical (unpaired) electrons. The molecule has 0 atom stereocenters. The number of nitrogens with one attached hydrogen (secondary N) is 2. The highest BCUT2D eigenvalue weighted by atomic mass is 35.5. The van der Waals surface area contributed by atoms with Gasteiger partial charge in [0, 0.05) is 5.69 Å². The number of halogens is 4. The quantitative estimate of drug-likeness (QED) is 0.346. The van der Waals surface area contributed by atoms with Crippen molar-refractivity contribution in [3.05, 3.63) is 58.9 Å². The van der Waals surface area contributed by atoms with E-state index in [1.54, 1.807) is 0 Å². The first kappa shape index (κ1) is 20.2. The Hall–Kier alpha value is -3.11. The maximum absolute atomic E-state index is 13.1. The van der Waals surface area contributed by atoms with Crippen LogP contribution in [-0.4, -0.2) is 15.0 Å². The maximum atomic E-state index is 13.1. The van der Waals surface area contributed by atoms with Crippen LogP contribution in [0.5, 0.6) is 0 Å². The van der Waals surface area contributed by atoms with Crippen LogP contribution >= 0.6 is 22.9 Å². The highest BCUT2D eigenvalue weighted by molar-refractivity contribution is 7.22. The molecule has 0 spiro atoms. The van der Waals surface area contributed by atoms with Crippen molar-refractivity contribution in [2.75, 3.05) is 16.4 Å². The number of fused-ring (bicyclic) bond motifs is 1. The molecule has 2 aromatic heterocycles. The lowest BCUT2D eigenvalue weighted by atomic mass is 10.2. The average Bonchev–Trinajstić information content (AvgIpc) is 3.09. The summed E-state index contributed by atoms with van der Waals surface area (Å²) in [6.45, 7) is 1.97. The summed E-state index contributed by atoms with van der Waals surface area (Å²) in [6.07, 6.45) is -3.33. The molecule has 4 aromatic rings. The molecule has 6 nitrogen and oxygen atoms in total. The molecule has 0 unspecified atom stereocenters. The molecule has 0 saturated carbocycles. The van der Waals surface area contributed by atoms with Crippen LogP contribution in [0.25, 0.3) is 10.2 Å². The fourth-order valence-corrected chi connectivity index (χ4v) is 3.96. The van der Waals surface area contributed by atoms with E-state index < -0.39 is 16.8 Å². The van der Waals surface area contributed by atoms with Gasteiger partial charge >= 0.3 is 6.18 Å². The van der Waals surface area contributed by atoms with Crippen LogP contribution in [0.2, 0.25) is 5.02 Å². The second kappa shape index (κ2) is 7.62. The number of nitrogens with zero attached hydrogens (tertiary/aromatic N) is 3. The number of benzene rings is 2. The second-order valence-electron chi connectivity index (χ2n) is 6.37. The summed E-state index contributed by atoms with van der Waals surface area (Å²) in [6, 6.07) is 9.33. The smallest absolute Gasteiger partial charge is 0.393 e. The third-order valence-electron chi connectivity index (χ3n) is 4.26. The van der Waals surface area contributed by atoms with Crippen molar-refractivity contribution < 1.29 is 13.2 Å². The van der Waals surface area contributed by atoms with Gasteiger partial charge in [0.05, 0.1) is 20.8 Å². The molecule has 0 aliphatic heterocycles. The van der Waals surface area contributed by atoms with Crippen LogP contribution < -0.4 is 16.4 Å². The number of thiazole rings is 1. The van der Waals surface area contributed by atoms with Gasteiger partial charge in [-0.1, -0.05) is 35.1 Å². The number of anilines is 5. The highest BCUT2D eigenvalue weighted by Crippen LogP contribution is 2.38. The van der Waals surface area contributed by atoms with Gasteiger partial charge in [-0.05, 0) is 36.8 Å². The Morgan fingerprint density at radius 3 is 2.50 bits per heavy atom. The Balaban J connectivity index is 1.62. The van der Waals surface area contributed by atoms with Crippen molar-refractivity contribution in [3.8, 4) is 0 Å². The summed E-state index contributed by atoms with van der Waals surface area (Å²) in [4.78, 5) is 12.7. The fraction of sp³-hybridized carbons (Fsp3) is 0.105. The Kier molecular flexibility index (Phi) is 5.12. The van der Waals surface area contributed by atoms with Gasteiger partial charge in [-0.15, -0.1) is 0 Å². The molecule has 0 aliphatic carbocycles. The summed E-state index contributed by atoms with van der Waals surface area (Å²) >= 11 is 7.09. The third kappa shape index (κ3) is 3.96. The zero-order chi connectivity index (χ0) is 21.5. The zero-order valence-corrected chi connectivity index (χ0v) is 17.0. The Labute approximate surface area is 177 Å². The van der Waals surface area contributed by atoms with E-state index in [9.17, 15) is 13.2 Å². The monoisotopic (exact) mass is 450 g/mol. The standard InChI is InChI=1S/C19H14ClF3N6S/c1-9-3-2-4-13-15(9)28-18(30-13)29-17-14(24)16(25-8-26-17)27-10-5-6-12(20)11(7-10)19(21,22)23/h2-8H,24H2,1H3,(H2,25,26,27,28,29). The van der Waals surface area contributed by atoms with Gasteiger partial charge in [-0.25, -0.2) is 15.0 Å². The minimum atomic E-state index is -4.58. The predicted octanol–water partition coefficient (Wildman–Crippen LogP) is 6.14. The number of nitrogens with two attached hydrogens (primary N) is 1. The van der Waals surface area contributed by atoms with E-state index in [-0.39, 0.29) is 23.0 Å². The fourth-order valence-electron chi connectivity index (χ4n) is 2.79. The minimum Gasteiger partial charge on any atom is -0.393 e. The SMILES string of the molecule is Cc1cccc2sc(Nc3ncnc(Nc4ccc(Cl)c(C(F)(F)F)c4)c3N)nc12. The molecule has 0 saturated heterocycles. The largest absolute Gasteiger partial charge is 0.417 e. The normalized spacial score (nSPS) is 11.6. The van der Waals surface area contributed by atoms with Crippen LogP contribution in [0.4, 0.5) is 41.3 Å². The van der Waals surface area contributed by atoms with Gasteiger partial charge in [0.15, 0.2) is 16.8 Å². The minimum absolute atomic E-state index is 0.136. The summed E-state index contributed by atoms with van der Waals surface area (Å²) < 4.78 is 40.3. The van der Waals surface area contributed by atoms with Crippen LogP contribution in [0.1, 0.15) is 11.1 Å². The summed E-state index contributed by atoms with van der Waals surface area (Å²) in [5.41, 5.74) is 7.37. The topological polar surface area (TPSA) is 88.8 Å². The molecular formula is C19H14ClF3N6S. The predicted molar refractivity (Wildman–Crippen MR) is 114 cm³/mol. The number of alkyl halides is 3. The lowest BCUT2D eigenvalue weighted by Gasteiger charge is -2.14. The van der Waals surface area contributed by atoms with Crippen molar-refractivity contribution in [1.82, 2.24) is 15.0 Å². The maximum Gasteiger partial charge on any atom is 0.417 e. The van der Waals surface area contributed by atoms with Crippen LogP contribution in [0, 0.1) is 6.92 Å². The Morgan fingerprint density at radius 1 is 1.07 bits per heavy atom. The van der Waals surface area contributed by atoms with Crippen LogP contribution in [0.3, 0.4) is 0 Å². The first-order valence-electron chi connectivity index (χ1n) is 8.60. The van der Waals surface area contributed by atoms with Crippen molar-refractivity contribution in [2.24, 2.45) is 0 Å². The van der Waals surface area contributed by atoms with Crippen LogP contribution in [0.15, 0.2) is 42.7 Å². The molecule has 30 heavy (non-hydrogen) atoms. The van der Waals surface area contributed by atoms with Gasteiger partial charge in [0.25, 0.3) is 0 Å². The van der Waals surface area contributed by atoms with E-state index in [0.717, 1.165) is 27.9 Å². The molecule has 0 aliphatic rings. The molecule has 2 aromatic carbocycles. The third-order valence-corrected chi connectivity index (χ3v) is 5.53. The van der Waals surface area contributed by atoms with Gasteiger partial charge in [0.1, 0.15) is 12.0 Å². The van der Waals surface area contributed by atoms with Gasteiger partial charge < -0.3 is 16.4 Å². The number of para-hydroxylation sites is 1. The summed E-state index contributed by atoms with van der Waals surface area (Å²) in [5.74, 6) is 0.439. The van der Waals surface area contributed by atoms with Crippen molar-refractivity contribution in [3.63, 3.8) is 0 Å². The number of aryl methyl sites for hydroxylation is 1. The molecule has 2 heterocycles. The van der Waals surface area contributed by atoms with Crippen molar-refractivity contribution in [1.29, 1.82) is 0 Å². The number of nitrogen functional groups attached to an aromatic ring is 1. The van der Waals surface area contributed by atoms with Crippen molar-refractivity contribution >= 4 is 61.3 Å². The number of hydrogen-bond donors (Lipinski definition) is 3. The Morgan fingerprint density at radius 2 is 1.80 bits per heavy atom.